The third kappa shape index (κ3) is 3.52. The Bertz CT molecular complexity index is 1010. The van der Waals surface area contributed by atoms with Crippen LogP contribution in [-0.2, 0) is 0 Å². The number of para-hydroxylation sites is 1. The van der Waals surface area contributed by atoms with Crippen molar-refractivity contribution >= 4 is 45.2 Å². The zero-order valence-corrected chi connectivity index (χ0v) is 17.7. The van der Waals surface area contributed by atoms with Gasteiger partial charge in [-0.1, -0.05) is 30.3 Å². The molecule has 1 saturated heterocycles. The molecule has 5 heteroatoms. The number of aromatic nitrogens is 1. The first-order chi connectivity index (χ1) is 13.0. The normalized spacial score (nSPS) is 14.6. The largest absolute Gasteiger partial charge is 0.353 e. The Hall–Kier alpha value is -2.15. The van der Waals surface area contributed by atoms with E-state index in [9.17, 15) is 4.79 Å². The van der Waals surface area contributed by atoms with Gasteiger partial charge in [0.05, 0.1) is 11.1 Å². The van der Waals surface area contributed by atoms with Crippen molar-refractivity contribution in [2.24, 2.45) is 0 Å². The first-order valence-corrected chi connectivity index (χ1v) is 10.3. The topological polar surface area (TPSA) is 36.4 Å². The molecule has 1 aliphatic heterocycles. The van der Waals surface area contributed by atoms with E-state index in [4.69, 9.17) is 4.98 Å². The number of nitrogens with zero attached hydrogens (tertiary/aromatic N) is 3. The highest BCUT2D eigenvalue weighted by atomic mass is 127. The van der Waals surface area contributed by atoms with Crippen LogP contribution in [0.1, 0.15) is 21.5 Å². The number of fused-ring (bicyclic) bond motifs is 1. The first-order valence-electron chi connectivity index (χ1n) is 9.20. The number of carbonyl (C=O) groups excluding carboxylic acids is 1. The van der Waals surface area contributed by atoms with Crippen LogP contribution in [0.2, 0.25) is 0 Å². The fourth-order valence-corrected chi connectivity index (χ4v) is 4.27. The van der Waals surface area contributed by atoms with Gasteiger partial charge >= 0.3 is 0 Å². The Kier molecular flexibility index (Phi) is 5.04. The van der Waals surface area contributed by atoms with Crippen LogP contribution in [0.5, 0.6) is 0 Å². The van der Waals surface area contributed by atoms with E-state index in [1.54, 1.807) is 0 Å². The maximum Gasteiger partial charge on any atom is 0.255 e. The van der Waals surface area contributed by atoms with Gasteiger partial charge in [-0.25, -0.2) is 4.98 Å². The van der Waals surface area contributed by atoms with Gasteiger partial charge in [-0.3, -0.25) is 4.79 Å². The van der Waals surface area contributed by atoms with E-state index in [0.717, 1.165) is 46.6 Å². The molecule has 0 spiro atoms. The zero-order valence-electron chi connectivity index (χ0n) is 15.6. The minimum Gasteiger partial charge on any atom is -0.353 e. The maximum absolute atomic E-state index is 12.8. The predicted molar refractivity (Wildman–Crippen MR) is 118 cm³/mol. The summed E-state index contributed by atoms with van der Waals surface area (Å²) < 4.78 is 1.00. The van der Waals surface area contributed by atoms with Crippen molar-refractivity contribution in [2.45, 2.75) is 13.8 Å². The minimum atomic E-state index is 0.123. The molecular weight excluding hydrogens is 449 g/mol. The Labute approximate surface area is 173 Å². The fourth-order valence-electron chi connectivity index (χ4n) is 3.65. The zero-order chi connectivity index (χ0) is 19.0. The Morgan fingerprint density at radius 3 is 2.44 bits per heavy atom. The van der Waals surface area contributed by atoms with E-state index in [0.29, 0.717) is 0 Å². The molecule has 27 heavy (non-hydrogen) atoms. The summed E-state index contributed by atoms with van der Waals surface area (Å²) in [4.78, 5) is 22.0. The number of amides is 1. The molecule has 0 aliphatic carbocycles. The Balaban J connectivity index is 1.53. The van der Waals surface area contributed by atoms with Crippen LogP contribution in [0.4, 0.5) is 5.82 Å². The highest BCUT2D eigenvalue weighted by Crippen LogP contribution is 2.25. The molecule has 0 N–H and O–H groups in total. The molecule has 4 rings (SSSR count). The summed E-state index contributed by atoms with van der Waals surface area (Å²) in [7, 11) is 0. The van der Waals surface area contributed by atoms with Crippen LogP contribution in [0.25, 0.3) is 10.9 Å². The van der Waals surface area contributed by atoms with Crippen LogP contribution < -0.4 is 4.90 Å². The van der Waals surface area contributed by atoms with Crippen LogP contribution in [-0.4, -0.2) is 42.0 Å². The lowest BCUT2D eigenvalue weighted by molar-refractivity contribution is 0.0745. The number of benzene rings is 2. The van der Waals surface area contributed by atoms with Crippen LogP contribution in [0, 0.1) is 17.4 Å². The molecular formula is C22H22IN3O. The van der Waals surface area contributed by atoms with Crippen molar-refractivity contribution in [3.63, 3.8) is 0 Å². The van der Waals surface area contributed by atoms with E-state index in [-0.39, 0.29) is 5.91 Å². The number of piperazine rings is 1. The molecule has 1 aliphatic rings. The van der Waals surface area contributed by atoms with E-state index in [1.807, 2.05) is 29.2 Å². The molecule has 2 aromatic carbocycles. The minimum absolute atomic E-state index is 0.123. The molecule has 138 valence electrons. The standard InChI is InChI=1S/C22H22IN3O/c1-15-6-5-8-17-16(2)14-20(24-21(15)17)25-10-12-26(13-11-25)22(27)18-7-3-4-9-19(18)23/h3-9,14H,10-13H2,1-2H3. The predicted octanol–water partition coefficient (Wildman–Crippen LogP) is 4.42. The number of hydrogen-bond acceptors (Lipinski definition) is 3. The maximum atomic E-state index is 12.8. The molecule has 1 aromatic heterocycles. The number of halogens is 1. The smallest absolute Gasteiger partial charge is 0.255 e. The molecule has 0 radical (unpaired) electrons. The second-order valence-corrected chi connectivity index (χ2v) is 8.19. The molecule has 0 unspecified atom stereocenters. The second kappa shape index (κ2) is 7.46. The summed E-state index contributed by atoms with van der Waals surface area (Å²) >= 11 is 2.23. The summed E-state index contributed by atoms with van der Waals surface area (Å²) in [6.45, 7) is 7.30. The van der Waals surface area contributed by atoms with Gasteiger partial charge < -0.3 is 9.80 Å². The number of anilines is 1. The third-order valence-electron chi connectivity index (χ3n) is 5.23. The molecule has 4 nitrogen and oxygen atoms in total. The van der Waals surface area contributed by atoms with Crippen LogP contribution in [0.3, 0.4) is 0 Å². The van der Waals surface area contributed by atoms with Crippen LogP contribution >= 0.6 is 22.6 Å². The number of pyridine rings is 1. The van der Waals surface area contributed by atoms with Gasteiger partial charge in [0, 0.05) is 35.1 Å². The van der Waals surface area contributed by atoms with Gasteiger partial charge in [-0.05, 0) is 65.8 Å². The number of aryl methyl sites for hydroxylation is 2. The number of carbonyl (C=O) groups is 1. The highest BCUT2D eigenvalue weighted by Gasteiger charge is 2.24. The summed E-state index contributed by atoms with van der Waals surface area (Å²) in [5, 5.41) is 1.21. The van der Waals surface area contributed by atoms with Crippen molar-refractivity contribution in [3.05, 3.63) is 68.8 Å². The van der Waals surface area contributed by atoms with E-state index in [2.05, 4.69) is 65.6 Å². The molecule has 0 atom stereocenters. The van der Waals surface area contributed by atoms with E-state index < -0.39 is 0 Å². The monoisotopic (exact) mass is 471 g/mol. The SMILES string of the molecule is Cc1cc(N2CCN(C(=O)c3ccccc3I)CC2)nc2c(C)cccc12. The summed E-state index contributed by atoms with van der Waals surface area (Å²) in [5.41, 5.74) is 4.31. The van der Waals surface area contributed by atoms with Crippen molar-refractivity contribution < 1.29 is 4.79 Å². The Morgan fingerprint density at radius 2 is 1.70 bits per heavy atom. The van der Waals surface area contributed by atoms with E-state index in [1.165, 1.54) is 16.5 Å². The summed E-state index contributed by atoms with van der Waals surface area (Å²) in [5.74, 6) is 1.13. The lowest BCUT2D eigenvalue weighted by atomic mass is 10.1. The quantitative estimate of drug-likeness (QED) is 0.520. The van der Waals surface area contributed by atoms with Gasteiger partial charge in [-0.15, -0.1) is 0 Å². The van der Waals surface area contributed by atoms with Crippen molar-refractivity contribution in [1.29, 1.82) is 0 Å². The summed E-state index contributed by atoms with van der Waals surface area (Å²) in [6, 6.07) is 16.3. The van der Waals surface area contributed by atoms with Gasteiger partial charge in [0.2, 0.25) is 0 Å². The fraction of sp³-hybridized carbons (Fsp3) is 0.273. The molecule has 1 amide bonds. The second-order valence-electron chi connectivity index (χ2n) is 7.03. The van der Waals surface area contributed by atoms with Gasteiger partial charge in [0.25, 0.3) is 5.91 Å². The number of rotatable bonds is 2. The van der Waals surface area contributed by atoms with Crippen molar-refractivity contribution in [2.75, 3.05) is 31.1 Å². The molecule has 0 bridgehead atoms. The van der Waals surface area contributed by atoms with Crippen molar-refractivity contribution in [3.8, 4) is 0 Å². The number of hydrogen-bond donors (Lipinski definition) is 0. The van der Waals surface area contributed by atoms with Crippen molar-refractivity contribution in [1.82, 2.24) is 9.88 Å². The third-order valence-corrected chi connectivity index (χ3v) is 6.17. The lowest BCUT2D eigenvalue weighted by Gasteiger charge is -2.36. The first kappa shape index (κ1) is 18.2. The lowest BCUT2D eigenvalue weighted by Crippen LogP contribution is -2.49. The molecule has 3 aromatic rings. The summed E-state index contributed by atoms with van der Waals surface area (Å²) in [6.07, 6.45) is 0. The molecule has 0 saturated carbocycles. The van der Waals surface area contributed by atoms with Gasteiger partial charge in [-0.2, -0.15) is 0 Å². The Morgan fingerprint density at radius 1 is 0.963 bits per heavy atom. The van der Waals surface area contributed by atoms with Gasteiger partial charge in [0.1, 0.15) is 5.82 Å². The molecule has 2 heterocycles. The highest BCUT2D eigenvalue weighted by molar-refractivity contribution is 14.1. The average Bonchev–Trinajstić information content (AvgIpc) is 2.69. The molecule has 1 fully saturated rings. The van der Waals surface area contributed by atoms with E-state index >= 15 is 0 Å². The van der Waals surface area contributed by atoms with Crippen LogP contribution in [0.15, 0.2) is 48.5 Å². The average molecular weight is 471 g/mol. The van der Waals surface area contributed by atoms with Gasteiger partial charge in [0.15, 0.2) is 0 Å².